The summed E-state index contributed by atoms with van der Waals surface area (Å²) in [5.41, 5.74) is 0.865. The molecular formula is C12H21N3O2. The number of aromatic nitrogens is 3. The Labute approximate surface area is 102 Å². The minimum absolute atomic E-state index is 0.109. The first-order valence-electron chi connectivity index (χ1n) is 6.29. The molecule has 0 unspecified atom stereocenters. The molecule has 0 saturated carbocycles. The highest BCUT2D eigenvalue weighted by Crippen LogP contribution is 2.15. The zero-order valence-corrected chi connectivity index (χ0v) is 10.8. The number of nitrogens with zero attached hydrogens (tertiary/aromatic N) is 3. The predicted molar refractivity (Wildman–Crippen MR) is 65.0 cm³/mol. The third-order valence-corrected chi connectivity index (χ3v) is 3.11. The summed E-state index contributed by atoms with van der Waals surface area (Å²) >= 11 is 0. The number of hydrogen-bond acceptors (Lipinski definition) is 3. The number of aromatic carboxylic acids is 1. The zero-order chi connectivity index (χ0) is 12.8. The summed E-state index contributed by atoms with van der Waals surface area (Å²) in [7, 11) is 0. The SMILES string of the molecule is CCCc1c(C(=O)O)nnn1CC(CC)CC. The molecule has 5 heteroatoms. The molecule has 0 radical (unpaired) electrons. The Balaban J connectivity index is 2.94. The van der Waals surface area contributed by atoms with Gasteiger partial charge in [0.15, 0.2) is 5.69 Å². The maximum atomic E-state index is 11.0. The lowest BCUT2D eigenvalue weighted by Crippen LogP contribution is -2.14. The van der Waals surface area contributed by atoms with Crippen LogP contribution in [0.25, 0.3) is 0 Å². The Hall–Kier alpha value is -1.39. The van der Waals surface area contributed by atoms with Gasteiger partial charge in [-0.25, -0.2) is 9.48 Å². The van der Waals surface area contributed by atoms with E-state index < -0.39 is 5.97 Å². The van der Waals surface area contributed by atoms with E-state index in [9.17, 15) is 4.79 Å². The molecule has 96 valence electrons. The van der Waals surface area contributed by atoms with E-state index in [0.717, 1.165) is 37.9 Å². The first-order chi connectivity index (χ1) is 8.13. The second kappa shape index (κ2) is 6.37. The van der Waals surface area contributed by atoms with E-state index in [1.165, 1.54) is 0 Å². The summed E-state index contributed by atoms with van der Waals surface area (Å²) in [6.07, 6.45) is 3.76. The normalized spacial score (nSPS) is 11.1. The molecule has 0 aliphatic rings. The fraction of sp³-hybridized carbons (Fsp3) is 0.750. The summed E-state index contributed by atoms with van der Waals surface area (Å²) in [5, 5.41) is 16.8. The van der Waals surface area contributed by atoms with Gasteiger partial charge in [-0.3, -0.25) is 0 Å². The van der Waals surface area contributed by atoms with Gasteiger partial charge in [-0.2, -0.15) is 0 Å². The smallest absolute Gasteiger partial charge is 0.358 e. The minimum Gasteiger partial charge on any atom is -0.476 e. The maximum Gasteiger partial charge on any atom is 0.358 e. The predicted octanol–water partition coefficient (Wildman–Crippen LogP) is 2.37. The van der Waals surface area contributed by atoms with Crippen molar-refractivity contribution in [1.82, 2.24) is 15.0 Å². The molecule has 0 aliphatic carbocycles. The third-order valence-electron chi connectivity index (χ3n) is 3.11. The summed E-state index contributed by atoms with van der Waals surface area (Å²) in [6.45, 7) is 7.08. The number of carboxylic acids is 1. The van der Waals surface area contributed by atoms with Crippen molar-refractivity contribution < 1.29 is 9.90 Å². The van der Waals surface area contributed by atoms with E-state index in [0.29, 0.717) is 5.92 Å². The number of hydrogen-bond donors (Lipinski definition) is 1. The van der Waals surface area contributed by atoms with Gasteiger partial charge in [0.05, 0.1) is 5.69 Å². The van der Waals surface area contributed by atoms with Gasteiger partial charge in [-0.15, -0.1) is 5.10 Å². The van der Waals surface area contributed by atoms with Gasteiger partial charge in [-0.05, 0) is 12.3 Å². The molecule has 0 saturated heterocycles. The second-order valence-corrected chi connectivity index (χ2v) is 4.30. The Morgan fingerprint density at radius 3 is 2.47 bits per heavy atom. The van der Waals surface area contributed by atoms with Gasteiger partial charge in [-0.1, -0.05) is 45.2 Å². The highest BCUT2D eigenvalue weighted by atomic mass is 16.4. The van der Waals surface area contributed by atoms with Crippen molar-refractivity contribution in [2.75, 3.05) is 0 Å². The molecule has 0 atom stereocenters. The molecule has 1 rings (SSSR count). The van der Waals surface area contributed by atoms with Gasteiger partial charge < -0.3 is 5.11 Å². The Kier molecular flexibility index (Phi) is 5.12. The lowest BCUT2D eigenvalue weighted by atomic mass is 10.0. The molecule has 1 N–H and O–H groups in total. The average molecular weight is 239 g/mol. The van der Waals surface area contributed by atoms with Crippen LogP contribution in [0.15, 0.2) is 0 Å². The van der Waals surface area contributed by atoms with E-state index >= 15 is 0 Å². The van der Waals surface area contributed by atoms with Gasteiger partial charge in [0, 0.05) is 6.54 Å². The Morgan fingerprint density at radius 2 is 2.00 bits per heavy atom. The van der Waals surface area contributed by atoms with E-state index in [2.05, 4.69) is 24.2 Å². The Morgan fingerprint density at radius 1 is 1.35 bits per heavy atom. The molecule has 0 aliphatic heterocycles. The van der Waals surface area contributed by atoms with E-state index in [1.54, 1.807) is 4.68 Å². The molecule has 1 heterocycles. The van der Waals surface area contributed by atoms with Crippen molar-refractivity contribution in [3.63, 3.8) is 0 Å². The largest absolute Gasteiger partial charge is 0.476 e. The number of carbonyl (C=O) groups is 1. The topological polar surface area (TPSA) is 68.0 Å². The van der Waals surface area contributed by atoms with Crippen molar-refractivity contribution in [2.45, 2.75) is 53.0 Å². The molecule has 17 heavy (non-hydrogen) atoms. The van der Waals surface area contributed by atoms with Gasteiger partial charge in [0.25, 0.3) is 0 Å². The third kappa shape index (κ3) is 3.28. The summed E-state index contributed by atoms with van der Waals surface area (Å²) in [6, 6.07) is 0. The lowest BCUT2D eigenvalue weighted by Gasteiger charge is -2.13. The fourth-order valence-electron chi connectivity index (χ4n) is 1.92. The second-order valence-electron chi connectivity index (χ2n) is 4.30. The number of carboxylic acid groups (broad SMARTS) is 1. The first-order valence-corrected chi connectivity index (χ1v) is 6.29. The van der Waals surface area contributed by atoms with Gasteiger partial charge >= 0.3 is 5.97 Å². The maximum absolute atomic E-state index is 11.0. The molecule has 0 aromatic carbocycles. The zero-order valence-electron chi connectivity index (χ0n) is 10.8. The quantitative estimate of drug-likeness (QED) is 0.793. The molecule has 0 fully saturated rings. The van der Waals surface area contributed by atoms with Crippen LogP contribution < -0.4 is 0 Å². The van der Waals surface area contributed by atoms with Gasteiger partial charge in [0.1, 0.15) is 0 Å². The highest BCUT2D eigenvalue weighted by molar-refractivity contribution is 5.86. The van der Waals surface area contributed by atoms with Crippen LogP contribution in [-0.2, 0) is 13.0 Å². The van der Waals surface area contributed by atoms with Crippen LogP contribution in [0.1, 0.15) is 56.2 Å². The standard InChI is InChI=1S/C12H21N3O2/c1-4-7-10-11(12(16)17)13-14-15(10)8-9(5-2)6-3/h9H,4-8H2,1-3H3,(H,16,17). The lowest BCUT2D eigenvalue weighted by molar-refractivity contribution is 0.0689. The first kappa shape index (κ1) is 13.7. The van der Waals surface area contributed by atoms with Crippen LogP contribution in [0.2, 0.25) is 0 Å². The average Bonchev–Trinajstić information content (AvgIpc) is 2.70. The van der Waals surface area contributed by atoms with Crippen LogP contribution in [0, 0.1) is 5.92 Å². The van der Waals surface area contributed by atoms with Crippen molar-refractivity contribution in [3.05, 3.63) is 11.4 Å². The molecule has 1 aromatic rings. The monoisotopic (exact) mass is 239 g/mol. The molecule has 0 spiro atoms. The Bertz CT molecular complexity index is 370. The summed E-state index contributed by atoms with van der Waals surface area (Å²) in [5.74, 6) is -0.446. The molecule has 0 amide bonds. The summed E-state index contributed by atoms with van der Waals surface area (Å²) < 4.78 is 1.77. The molecule has 5 nitrogen and oxygen atoms in total. The van der Waals surface area contributed by atoms with E-state index in [-0.39, 0.29) is 5.69 Å². The van der Waals surface area contributed by atoms with Crippen molar-refractivity contribution >= 4 is 5.97 Å². The van der Waals surface area contributed by atoms with E-state index in [4.69, 9.17) is 5.11 Å². The van der Waals surface area contributed by atoms with Crippen LogP contribution in [0.5, 0.6) is 0 Å². The van der Waals surface area contributed by atoms with Crippen LogP contribution in [-0.4, -0.2) is 26.1 Å². The summed E-state index contributed by atoms with van der Waals surface area (Å²) in [4.78, 5) is 11.0. The molecule has 0 bridgehead atoms. The molecule has 1 aromatic heterocycles. The van der Waals surface area contributed by atoms with Crippen LogP contribution in [0.3, 0.4) is 0 Å². The van der Waals surface area contributed by atoms with E-state index in [1.807, 2.05) is 6.92 Å². The van der Waals surface area contributed by atoms with Crippen molar-refractivity contribution in [2.24, 2.45) is 5.92 Å². The van der Waals surface area contributed by atoms with Gasteiger partial charge in [0.2, 0.25) is 0 Å². The van der Waals surface area contributed by atoms with Crippen LogP contribution >= 0.6 is 0 Å². The van der Waals surface area contributed by atoms with Crippen LogP contribution in [0.4, 0.5) is 0 Å². The van der Waals surface area contributed by atoms with Crippen molar-refractivity contribution in [1.29, 1.82) is 0 Å². The number of rotatable bonds is 7. The van der Waals surface area contributed by atoms with Crippen molar-refractivity contribution in [3.8, 4) is 0 Å². The highest BCUT2D eigenvalue weighted by Gasteiger charge is 2.19. The minimum atomic E-state index is -0.982. The fourth-order valence-corrected chi connectivity index (χ4v) is 1.92. The molecular weight excluding hydrogens is 218 g/mol.